The van der Waals surface area contributed by atoms with Crippen molar-refractivity contribution >= 4 is 51.1 Å². The third-order valence-electron chi connectivity index (χ3n) is 2.23. The van der Waals surface area contributed by atoms with Crippen molar-refractivity contribution in [3.8, 4) is 0 Å². The minimum Gasteiger partial charge on any atom is -0.465 e. The number of ether oxygens (including phenoxy) is 1. The number of carbonyl (C=O) groups excluding carboxylic acids is 1. The summed E-state index contributed by atoms with van der Waals surface area (Å²) in [5, 5.41) is 0.554. The summed E-state index contributed by atoms with van der Waals surface area (Å²) in [6, 6.07) is 2.60. The highest BCUT2D eigenvalue weighted by atomic mass is 127. The molecule has 0 saturated carbocycles. The molecule has 17 heavy (non-hydrogen) atoms. The molecule has 6 heteroatoms. The molecule has 0 N–H and O–H groups in total. The van der Waals surface area contributed by atoms with Crippen LogP contribution in [0.5, 0.6) is 0 Å². The minimum absolute atomic E-state index is 0.128. The molecular formula is C11H6ClFINO2. The van der Waals surface area contributed by atoms with Crippen LogP contribution in [0.3, 0.4) is 0 Å². The number of hydrogen-bond donors (Lipinski definition) is 0. The Labute approximate surface area is 115 Å². The Kier molecular flexibility index (Phi) is 3.48. The third-order valence-corrected chi connectivity index (χ3v) is 3.46. The Balaban J connectivity index is 2.79. The van der Waals surface area contributed by atoms with Crippen LogP contribution in [0.25, 0.3) is 10.9 Å². The van der Waals surface area contributed by atoms with Crippen LogP contribution in [-0.4, -0.2) is 18.1 Å². The van der Waals surface area contributed by atoms with Crippen LogP contribution >= 0.6 is 34.2 Å². The molecule has 0 bridgehead atoms. The lowest BCUT2D eigenvalue weighted by Crippen LogP contribution is -2.03. The van der Waals surface area contributed by atoms with E-state index in [2.05, 4.69) is 9.72 Å². The molecule has 88 valence electrons. The summed E-state index contributed by atoms with van der Waals surface area (Å²) < 4.78 is 18.5. The van der Waals surface area contributed by atoms with Crippen molar-refractivity contribution in [1.29, 1.82) is 0 Å². The average Bonchev–Trinajstić information content (AvgIpc) is 2.29. The van der Waals surface area contributed by atoms with E-state index < -0.39 is 11.8 Å². The summed E-state index contributed by atoms with van der Waals surface area (Å²) in [6.07, 6.45) is 1.33. The number of halogens is 3. The fraction of sp³-hybridized carbons (Fsp3) is 0.0909. The molecule has 1 aromatic heterocycles. The van der Waals surface area contributed by atoms with Gasteiger partial charge in [-0.2, -0.15) is 0 Å². The Bertz CT molecular complexity index is 618. The van der Waals surface area contributed by atoms with E-state index in [1.807, 2.05) is 22.6 Å². The van der Waals surface area contributed by atoms with E-state index in [0.29, 0.717) is 14.5 Å². The first-order valence-corrected chi connectivity index (χ1v) is 6.02. The van der Waals surface area contributed by atoms with Crippen molar-refractivity contribution in [2.45, 2.75) is 0 Å². The molecule has 0 saturated heterocycles. The van der Waals surface area contributed by atoms with Crippen LogP contribution in [0.15, 0.2) is 18.3 Å². The van der Waals surface area contributed by atoms with Gasteiger partial charge in [0.25, 0.3) is 0 Å². The second kappa shape index (κ2) is 4.73. The molecule has 2 rings (SSSR count). The lowest BCUT2D eigenvalue weighted by Gasteiger charge is -2.06. The number of fused-ring (bicyclic) bond motifs is 1. The summed E-state index contributed by atoms with van der Waals surface area (Å²) in [7, 11) is 1.25. The van der Waals surface area contributed by atoms with E-state index in [1.54, 1.807) is 0 Å². The van der Waals surface area contributed by atoms with Gasteiger partial charge in [-0.1, -0.05) is 11.6 Å². The Morgan fingerprint density at radius 3 is 2.88 bits per heavy atom. The second-order valence-electron chi connectivity index (χ2n) is 3.26. The number of methoxy groups -OCH3 is 1. The van der Waals surface area contributed by atoms with Crippen LogP contribution in [0, 0.1) is 9.39 Å². The Morgan fingerprint density at radius 1 is 1.53 bits per heavy atom. The molecule has 0 unspecified atom stereocenters. The zero-order chi connectivity index (χ0) is 12.6. The van der Waals surface area contributed by atoms with Crippen LogP contribution in [-0.2, 0) is 4.74 Å². The second-order valence-corrected chi connectivity index (χ2v) is 4.80. The van der Waals surface area contributed by atoms with E-state index in [1.165, 1.54) is 25.4 Å². The van der Waals surface area contributed by atoms with E-state index in [-0.39, 0.29) is 10.6 Å². The Hall–Kier alpha value is -0.950. The highest BCUT2D eigenvalue weighted by Gasteiger charge is 2.16. The van der Waals surface area contributed by atoms with Crippen LogP contribution in [0.1, 0.15) is 10.4 Å². The number of esters is 1. The van der Waals surface area contributed by atoms with E-state index >= 15 is 0 Å². The van der Waals surface area contributed by atoms with Gasteiger partial charge in [-0.25, -0.2) is 9.18 Å². The lowest BCUT2D eigenvalue weighted by atomic mass is 10.1. The van der Waals surface area contributed by atoms with E-state index in [0.717, 1.165) is 0 Å². The molecule has 1 heterocycles. The topological polar surface area (TPSA) is 39.2 Å². The number of carbonyl (C=O) groups is 1. The number of rotatable bonds is 1. The highest BCUT2D eigenvalue weighted by Crippen LogP contribution is 2.29. The van der Waals surface area contributed by atoms with Gasteiger partial charge in [0.1, 0.15) is 5.82 Å². The van der Waals surface area contributed by atoms with Crippen molar-refractivity contribution in [3.63, 3.8) is 0 Å². The van der Waals surface area contributed by atoms with Crippen LogP contribution < -0.4 is 0 Å². The maximum atomic E-state index is 13.3. The average molecular weight is 366 g/mol. The van der Waals surface area contributed by atoms with Gasteiger partial charge in [0, 0.05) is 15.2 Å². The first-order valence-electron chi connectivity index (χ1n) is 4.56. The summed E-state index contributed by atoms with van der Waals surface area (Å²) in [6.45, 7) is 0. The normalized spacial score (nSPS) is 10.6. The first kappa shape index (κ1) is 12.5. The summed E-state index contributed by atoms with van der Waals surface area (Å²) >= 11 is 8.01. The maximum absolute atomic E-state index is 13.3. The van der Waals surface area contributed by atoms with Crippen molar-refractivity contribution in [2.75, 3.05) is 7.11 Å². The number of hydrogen-bond acceptors (Lipinski definition) is 3. The Morgan fingerprint density at radius 2 is 2.24 bits per heavy atom. The zero-order valence-electron chi connectivity index (χ0n) is 8.63. The lowest BCUT2D eigenvalue weighted by molar-refractivity contribution is 0.0600. The first-order chi connectivity index (χ1) is 8.04. The fourth-order valence-electron chi connectivity index (χ4n) is 1.45. The fourth-order valence-corrected chi connectivity index (χ4v) is 2.44. The molecule has 0 aliphatic heterocycles. The van der Waals surface area contributed by atoms with E-state index in [9.17, 15) is 9.18 Å². The van der Waals surface area contributed by atoms with Crippen LogP contribution in [0.2, 0.25) is 5.02 Å². The predicted molar refractivity (Wildman–Crippen MR) is 70.8 cm³/mol. The molecule has 0 fully saturated rings. The van der Waals surface area contributed by atoms with Crippen molar-refractivity contribution in [3.05, 3.63) is 38.3 Å². The van der Waals surface area contributed by atoms with Gasteiger partial charge in [-0.15, -0.1) is 0 Å². The minimum atomic E-state index is -0.594. The molecule has 0 atom stereocenters. The maximum Gasteiger partial charge on any atom is 0.340 e. The number of pyridine rings is 1. The monoisotopic (exact) mass is 365 g/mol. The molecule has 0 amide bonds. The zero-order valence-corrected chi connectivity index (χ0v) is 11.5. The quantitative estimate of drug-likeness (QED) is 0.574. The van der Waals surface area contributed by atoms with Gasteiger partial charge in [-0.05, 0) is 34.7 Å². The number of benzene rings is 1. The summed E-state index contributed by atoms with van der Waals surface area (Å²) in [5.74, 6) is -1.02. The van der Waals surface area contributed by atoms with Gasteiger partial charge in [-0.3, -0.25) is 4.98 Å². The largest absolute Gasteiger partial charge is 0.465 e. The SMILES string of the molecule is COC(=O)c1cnc2c(I)cc(F)cc2c1Cl. The molecule has 3 nitrogen and oxygen atoms in total. The van der Waals surface area contributed by atoms with Gasteiger partial charge in [0.05, 0.1) is 23.2 Å². The third kappa shape index (κ3) is 2.21. The summed E-state index contributed by atoms with van der Waals surface area (Å²) in [4.78, 5) is 15.5. The van der Waals surface area contributed by atoms with Gasteiger partial charge >= 0.3 is 5.97 Å². The predicted octanol–water partition coefficient (Wildman–Crippen LogP) is 3.42. The smallest absolute Gasteiger partial charge is 0.340 e. The number of nitrogens with zero attached hydrogens (tertiary/aromatic N) is 1. The highest BCUT2D eigenvalue weighted by molar-refractivity contribution is 14.1. The van der Waals surface area contributed by atoms with E-state index in [4.69, 9.17) is 11.6 Å². The van der Waals surface area contributed by atoms with Gasteiger partial charge < -0.3 is 4.74 Å². The standard InChI is InChI=1S/C11H6ClFINO2/c1-17-11(16)7-4-15-10-6(9(7)12)2-5(13)3-8(10)14/h2-4H,1H3. The number of aromatic nitrogens is 1. The van der Waals surface area contributed by atoms with Crippen molar-refractivity contribution < 1.29 is 13.9 Å². The summed E-state index contributed by atoms with van der Waals surface area (Å²) in [5.41, 5.74) is 0.688. The molecular weight excluding hydrogens is 359 g/mol. The van der Waals surface area contributed by atoms with Gasteiger partial charge in [0.2, 0.25) is 0 Å². The molecule has 0 aliphatic carbocycles. The molecule has 1 aromatic carbocycles. The van der Waals surface area contributed by atoms with Crippen molar-refractivity contribution in [1.82, 2.24) is 4.98 Å². The molecule has 0 spiro atoms. The van der Waals surface area contributed by atoms with Crippen molar-refractivity contribution in [2.24, 2.45) is 0 Å². The molecule has 2 aromatic rings. The molecule has 0 aliphatic rings. The van der Waals surface area contributed by atoms with Crippen LogP contribution in [0.4, 0.5) is 4.39 Å². The molecule has 0 radical (unpaired) electrons. The van der Waals surface area contributed by atoms with Gasteiger partial charge in [0.15, 0.2) is 0 Å².